The number of rotatable bonds is 6. The normalized spacial score (nSPS) is 14.3. The molecule has 1 fully saturated rings. The largest absolute Gasteiger partial charge is 0.506 e. The van der Waals surface area contributed by atoms with Crippen LogP contribution in [0.4, 0.5) is 22.7 Å². The highest BCUT2D eigenvalue weighted by molar-refractivity contribution is 6.06. The zero-order chi connectivity index (χ0) is 28.3. The van der Waals surface area contributed by atoms with Crippen LogP contribution in [0.15, 0.2) is 84.9 Å². The zero-order valence-electron chi connectivity index (χ0n) is 22.0. The second kappa shape index (κ2) is 11.0. The number of nitrogens with one attached hydrogen (secondary N) is 2. The summed E-state index contributed by atoms with van der Waals surface area (Å²) < 4.78 is 0. The molecule has 204 valence electrons. The van der Waals surface area contributed by atoms with Crippen LogP contribution in [-0.2, 0) is 5.41 Å². The Morgan fingerprint density at radius 1 is 0.625 bits per heavy atom. The highest BCUT2D eigenvalue weighted by atomic mass is 16.3. The van der Waals surface area contributed by atoms with Crippen molar-refractivity contribution in [3.8, 4) is 11.5 Å². The van der Waals surface area contributed by atoms with Crippen molar-refractivity contribution in [2.24, 2.45) is 0 Å². The number of hydrogen-bond acceptors (Lipinski definition) is 6. The fourth-order valence-electron chi connectivity index (χ4n) is 5.52. The molecule has 0 bridgehead atoms. The summed E-state index contributed by atoms with van der Waals surface area (Å²) in [7, 11) is 0. The summed E-state index contributed by atoms with van der Waals surface area (Å²) in [6.45, 7) is 0. The number of aromatic hydroxyl groups is 2. The number of nitrogen functional groups attached to an aromatic ring is 2. The van der Waals surface area contributed by atoms with Crippen LogP contribution in [0.3, 0.4) is 0 Å². The van der Waals surface area contributed by atoms with E-state index in [9.17, 15) is 19.8 Å². The second-order valence-corrected chi connectivity index (χ2v) is 10.3. The van der Waals surface area contributed by atoms with E-state index in [0.717, 1.165) is 43.2 Å². The van der Waals surface area contributed by atoms with Crippen LogP contribution in [0.1, 0.15) is 63.9 Å². The first-order valence-electron chi connectivity index (χ1n) is 13.3. The maximum atomic E-state index is 12.9. The van der Waals surface area contributed by atoms with Crippen LogP contribution in [-0.4, -0.2) is 22.0 Å². The number of benzene rings is 4. The minimum absolute atomic E-state index is 0.0484. The Balaban J connectivity index is 1.50. The van der Waals surface area contributed by atoms with Gasteiger partial charge in [-0.25, -0.2) is 0 Å². The van der Waals surface area contributed by atoms with E-state index in [1.165, 1.54) is 0 Å². The fraction of sp³-hybridized carbons (Fsp3) is 0.188. The molecule has 40 heavy (non-hydrogen) atoms. The smallest absolute Gasteiger partial charge is 0.255 e. The number of carbonyl (C=O) groups is 2. The minimum atomic E-state index is -0.451. The van der Waals surface area contributed by atoms with Gasteiger partial charge in [-0.2, -0.15) is 0 Å². The summed E-state index contributed by atoms with van der Waals surface area (Å²) in [6, 6.07) is 23.8. The second-order valence-electron chi connectivity index (χ2n) is 10.3. The van der Waals surface area contributed by atoms with Gasteiger partial charge >= 0.3 is 0 Å². The molecule has 0 atom stereocenters. The van der Waals surface area contributed by atoms with E-state index in [1.54, 1.807) is 60.7 Å². The lowest BCUT2D eigenvalue weighted by molar-refractivity contribution is 0.101. The topological polar surface area (TPSA) is 151 Å². The number of carbonyl (C=O) groups excluding carboxylic acids is 2. The molecule has 4 aromatic rings. The SMILES string of the molecule is Nc1cccc(C(=O)Nc2cc(C3(c4ccc(O)c(NC(=O)c5cccc(N)c5)c4)CCCCC3)ccc2O)c1. The minimum Gasteiger partial charge on any atom is -0.506 e. The van der Waals surface area contributed by atoms with Crippen molar-refractivity contribution in [1.82, 2.24) is 0 Å². The Hall–Kier alpha value is -4.98. The van der Waals surface area contributed by atoms with Crippen molar-refractivity contribution in [2.45, 2.75) is 37.5 Å². The molecule has 1 aliphatic rings. The molecule has 0 unspecified atom stereocenters. The average Bonchev–Trinajstić information content (AvgIpc) is 2.95. The quantitative estimate of drug-likeness (QED) is 0.131. The fourth-order valence-corrected chi connectivity index (χ4v) is 5.52. The summed E-state index contributed by atoms with van der Waals surface area (Å²) >= 11 is 0. The van der Waals surface area contributed by atoms with E-state index in [-0.39, 0.29) is 23.3 Å². The molecule has 8 nitrogen and oxygen atoms in total. The van der Waals surface area contributed by atoms with Crippen molar-refractivity contribution < 1.29 is 19.8 Å². The Morgan fingerprint density at radius 2 is 1.07 bits per heavy atom. The van der Waals surface area contributed by atoms with Crippen molar-refractivity contribution in [3.63, 3.8) is 0 Å². The highest BCUT2D eigenvalue weighted by Crippen LogP contribution is 2.47. The summed E-state index contributed by atoms with van der Waals surface area (Å²) in [5.74, 6) is -0.859. The van der Waals surface area contributed by atoms with Gasteiger partial charge in [0, 0.05) is 27.9 Å². The highest BCUT2D eigenvalue weighted by Gasteiger charge is 2.37. The standard InChI is InChI=1S/C32H32N4O4/c33-24-8-4-6-20(16-24)30(39)35-26-18-22(10-12-28(26)37)32(14-2-1-3-15-32)23-11-13-29(38)27(19-23)36-31(40)21-7-5-9-25(34)17-21/h4-13,16-19,37-38H,1-3,14-15,33-34H2,(H,35,39)(H,36,40). The third-order valence-corrected chi connectivity index (χ3v) is 7.60. The van der Waals surface area contributed by atoms with Gasteiger partial charge in [-0.15, -0.1) is 0 Å². The molecule has 8 heteroatoms. The van der Waals surface area contributed by atoms with Gasteiger partial charge in [0.05, 0.1) is 11.4 Å². The maximum absolute atomic E-state index is 12.9. The van der Waals surface area contributed by atoms with Crippen LogP contribution >= 0.6 is 0 Å². The molecule has 1 saturated carbocycles. The molecule has 5 rings (SSSR count). The Labute approximate surface area is 232 Å². The summed E-state index contributed by atoms with van der Waals surface area (Å²) in [5.41, 5.74) is 15.4. The zero-order valence-corrected chi connectivity index (χ0v) is 22.0. The first-order valence-corrected chi connectivity index (χ1v) is 13.3. The molecule has 0 radical (unpaired) electrons. The Morgan fingerprint density at radius 3 is 1.50 bits per heavy atom. The van der Waals surface area contributed by atoms with Gasteiger partial charge in [0.2, 0.25) is 0 Å². The number of amides is 2. The number of phenolic OH excluding ortho intramolecular Hbond substituents is 2. The van der Waals surface area contributed by atoms with Crippen LogP contribution in [0.5, 0.6) is 11.5 Å². The number of hydrogen-bond donors (Lipinski definition) is 6. The predicted molar refractivity (Wildman–Crippen MR) is 158 cm³/mol. The Bertz CT molecular complexity index is 1470. The van der Waals surface area contributed by atoms with E-state index < -0.39 is 5.41 Å². The van der Waals surface area contributed by atoms with Gasteiger partial charge in [-0.1, -0.05) is 43.5 Å². The van der Waals surface area contributed by atoms with Crippen molar-refractivity contribution >= 4 is 34.6 Å². The average molecular weight is 537 g/mol. The van der Waals surface area contributed by atoms with Crippen LogP contribution in [0.2, 0.25) is 0 Å². The molecule has 8 N–H and O–H groups in total. The molecule has 0 spiro atoms. The first kappa shape index (κ1) is 26.6. The molecule has 0 aliphatic heterocycles. The first-order chi connectivity index (χ1) is 19.2. The molecule has 0 saturated heterocycles. The van der Waals surface area contributed by atoms with Crippen molar-refractivity contribution in [2.75, 3.05) is 22.1 Å². The lowest BCUT2D eigenvalue weighted by Crippen LogP contribution is -2.31. The molecular formula is C32H32N4O4. The van der Waals surface area contributed by atoms with Crippen LogP contribution in [0.25, 0.3) is 0 Å². The summed E-state index contributed by atoms with van der Waals surface area (Å²) in [6.07, 6.45) is 4.72. The van der Waals surface area contributed by atoms with E-state index in [0.29, 0.717) is 33.9 Å². The van der Waals surface area contributed by atoms with Gasteiger partial charge in [0.15, 0.2) is 0 Å². The lowest BCUT2D eigenvalue weighted by Gasteiger charge is -2.39. The molecule has 4 aromatic carbocycles. The lowest BCUT2D eigenvalue weighted by atomic mass is 9.65. The molecule has 2 amide bonds. The summed E-state index contributed by atoms with van der Waals surface area (Å²) in [4.78, 5) is 25.9. The van der Waals surface area contributed by atoms with Crippen molar-refractivity contribution in [3.05, 3.63) is 107 Å². The third kappa shape index (κ3) is 5.42. The van der Waals surface area contributed by atoms with E-state index in [2.05, 4.69) is 10.6 Å². The monoisotopic (exact) mass is 536 g/mol. The number of anilines is 4. The third-order valence-electron chi connectivity index (χ3n) is 7.60. The Kier molecular flexibility index (Phi) is 7.33. The van der Waals surface area contributed by atoms with E-state index in [1.807, 2.05) is 24.3 Å². The van der Waals surface area contributed by atoms with Crippen molar-refractivity contribution in [1.29, 1.82) is 0 Å². The predicted octanol–water partition coefficient (Wildman–Crippen LogP) is 6.02. The molecular weight excluding hydrogens is 504 g/mol. The molecule has 0 aromatic heterocycles. The number of nitrogens with two attached hydrogens (primary N) is 2. The van der Waals surface area contributed by atoms with Gasteiger partial charge in [-0.05, 0) is 84.6 Å². The molecule has 1 aliphatic carbocycles. The van der Waals surface area contributed by atoms with Crippen LogP contribution in [0, 0.1) is 0 Å². The molecule has 0 heterocycles. The van der Waals surface area contributed by atoms with Crippen LogP contribution < -0.4 is 22.1 Å². The number of phenols is 2. The van der Waals surface area contributed by atoms with Gasteiger partial charge in [0.1, 0.15) is 11.5 Å². The van der Waals surface area contributed by atoms with Gasteiger partial charge in [-0.3, -0.25) is 9.59 Å². The van der Waals surface area contributed by atoms with Gasteiger partial charge < -0.3 is 32.3 Å². The van der Waals surface area contributed by atoms with E-state index in [4.69, 9.17) is 11.5 Å². The van der Waals surface area contributed by atoms with E-state index >= 15 is 0 Å². The maximum Gasteiger partial charge on any atom is 0.255 e. The summed E-state index contributed by atoms with van der Waals surface area (Å²) in [5, 5.41) is 26.9. The van der Waals surface area contributed by atoms with Gasteiger partial charge in [0.25, 0.3) is 11.8 Å².